The van der Waals surface area contributed by atoms with Crippen molar-refractivity contribution in [1.29, 1.82) is 0 Å². The molecule has 0 saturated heterocycles. The first kappa shape index (κ1) is 23.6. The van der Waals surface area contributed by atoms with Gasteiger partial charge in [0.15, 0.2) is 0 Å². The van der Waals surface area contributed by atoms with Crippen molar-refractivity contribution in [3.8, 4) is 5.75 Å². The number of carbonyl (C=O) groups is 1. The van der Waals surface area contributed by atoms with Gasteiger partial charge in [0, 0.05) is 15.6 Å². The van der Waals surface area contributed by atoms with Gasteiger partial charge in [-0.3, -0.25) is 4.79 Å². The number of rotatable bonds is 6. The van der Waals surface area contributed by atoms with E-state index in [1.807, 2.05) is 36.4 Å². The van der Waals surface area contributed by atoms with Gasteiger partial charge in [0.2, 0.25) is 0 Å². The van der Waals surface area contributed by atoms with E-state index in [1.165, 1.54) is 6.07 Å². The highest BCUT2D eigenvalue weighted by atomic mass is 127. The minimum Gasteiger partial charge on any atom is -0.487 e. The smallest absolute Gasteiger partial charge is 0.272 e. The quantitative estimate of drug-likeness (QED) is 0.170. The number of nitrogens with zero attached hydrogens (tertiary/aromatic N) is 1. The molecule has 0 fully saturated rings. The third-order valence-corrected chi connectivity index (χ3v) is 6.43. The van der Waals surface area contributed by atoms with Gasteiger partial charge in [-0.25, -0.2) is 5.43 Å². The lowest BCUT2D eigenvalue weighted by atomic mass is 10.2. The molecular weight excluding hydrogens is 672 g/mol. The molecule has 4 nitrogen and oxygen atoms in total. The number of halogens is 5. The summed E-state index contributed by atoms with van der Waals surface area (Å²) >= 11 is 22.5. The molecule has 1 amide bonds. The predicted molar refractivity (Wildman–Crippen MR) is 139 cm³/mol. The number of nitrogens with one attached hydrogen (secondary N) is 1. The molecule has 3 aromatic rings. The Morgan fingerprint density at radius 3 is 2.37 bits per heavy atom. The molecule has 30 heavy (non-hydrogen) atoms. The van der Waals surface area contributed by atoms with Crippen LogP contribution in [0, 0.1) is 7.14 Å². The van der Waals surface area contributed by atoms with Crippen LogP contribution in [0.4, 0.5) is 0 Å². The predicted octanol–water partition coefficient (Wildman–Crippen LogP) is 7.20. The fraction of sp³-hybridized carbons (Fsp3) is 0.0476. The monoisotopic (exact) mass is 684 g/mol. The Kier molecular flexibility index (Phi) is 8.64. The maximum atomic E-state index is 12.2. The summed E-state index contributed by atoms with van der Waals surface area (Å²) < 4.78 is 7.81. The van der Waals surface area contributed by atoms with Crippen LogP contribution in [0.2, 0.25) is 15.1 Å². The molecule has 0 aliphatic heterocycles. The van der Waals surface area contributed by atoms with Gasteiger partial charge in [0.1, 0.15) is 12.4 Å². The number of ether oxygens (including phenoxy) is 1. The van der Waals surface area contributed by atoms with Gasteiger partial charge in [0.05, 0.1) is 23.9 Å². The van der Waals surface area contributed by atoms with Gasteiger partial charge in [-0.15, -0.1) is 0 Å². The Bertz CT molecular complexity index is 1100. The van der Waals surface area contributed by atoms with Gasteiger partial charge in [0.25, 0.3) is 5.91 Å². The standard InChI is InChI=1S/C21H13Cl3I2N2O2/c22-14-5-6-15(17(24)9-14)21(29)28-27-10-12-7-18(25)20(19(26)8-12)30-11-13-3-1-2-4-16(13)23/h1-10H,11H2,(H,28,29)/b27-10+. The first-order valence-electron chi connectivity index (χ1n) is 8.49. The van der Waals surface area contributed by atoms with E-state index >= 15 is 0 Å². The fourth-order valence-corrected chi connectivity index (χ4v) is 5.27. The minimum absolute atomic E-state index is 0.263. The summed E-state index contributed by atoms with van der Waals surface area (Å²) in [5.74, 6) is 0.349. The topological polar surface area (TPSA) is 50.7 Å². The lowest BCUT2D eigenvalue weighted by molar-refractivity contribution is 0.0955. The molecular formula is C21H13Cl3I2N2O2. The molecule has 0 aliphatic carbocycles. The van der Waals surface area contributed by atoms with Gasteiger partial charge in [-0.2, -0.15) is 5.10 Å². The minimum atomic E-state index is -0.419. The number of hydrazone groups is 1. The first-order chi connectivity index (χ1) is 14.3. The van der Waals surface area contributed by atoms with Crippen molar-refractivity contribution in [2.45, 2.75) is 6.61 Å². The Balaban J connectivity index is 1.67. The molecule has 0 radical (unpaired) electrons. The molecule has 0 atom stereocenters. The maximum absolute atomic E-state index is 12.2. The van der Waals surface area contributed by atoms with Crippen molar-refractivity contribution in [2.24, 2.45) is 5.10 Å². The summed E-state index contributed by atoms with van der Waals surface area (Å²) in [5.41, 5.74) is 4.50. The van der Waals surface area contributed by atoms with E-state index < -0.39 is 5.91 Å². The van der Waals surface area contributed by atoms with Gasteiger partial charge in [-0.05, 0) is 87.1 Å². The molecule has 0 unspecified atom stereocenters. The third-order valence-electron chi connectivity index (χ3n) is 3.91. The zero-order valence-electron chi connectivity index (χ0n) is 15.1. The van der Waals surface area contributed by atoms with Crippen molar-refractivity contribution >= 4 is 92.1 Å². The van der Waals surface area contributed by atoms with Crippen LogP contribution in [0.5, 0.6) is 5.75 Å². The second-order valence-corrected chi connectivity index (χ2v) is 9.59. The molecule has 154 valence electrons. The summed E-state index contributed by atoms with van der Waals surface area (Å²) in [6.45, 7) is 0.372. The molecule has 0 saturated carbocycles. The first-order valence-corrected chi connectivity index (χ1v) is 11.8. The van der Waals surface area contributed by atoms with Crippen molar-refractivity contribution in [3.05, 3.63) is 93.5 Å². The van der Waals surface area contributed by atoms with Crippen LogP contribution in [0.3, 0.4) is 0 Å². The van der Waals surface area contributed by atoms with E-state index in [-0.39, 0.29) is 5.02 Å². The van der Waals surface area contributed by atoms with Gasteiger partial charge < -0.3 is 4.74 Å². The molecule has 0 aromatic heterocycles. The largest absolute Gasteiger partial charge is 0.487 e. The van der Waals surface area contributed by atoms with Crippen LogP contribution >= 0.6 is 80.0 Å². The van der Waals surface area contributed by atoms with Crippen LogP contribution in [-0.2, 0) is 6.61 Å². The molecule has 1 N–H and O–H groups in total. The highest BCUT2D eigenvalue weighted by molar-refractivity contribution is 14.1. The van der Waals surface area contributed by atoms with Crippen LogP contribution in [0.1, 0.15) is 21.5 Å². The summed E-state index contributed by atoms with van der Waals surface area (Å²) in [4.78, 5) is 12.2. The van der Waals surface area contributed by atoms with E-state index in [0.29, 0.717) is 22.2 Å². The Morgan fingerprint density at radius 1 is 1.00 bits per heavy atom. The lowest BCUT2D eigenvalue weighted by Crippen LogP contribution is -2.18. The summed E-state index contributed by atoms with van der Waals surface area (Å²) in [6.07, 6.45) is 1.56. The Morgan fingerprint density at radius 2 is 1.70 bits per heavy atom. The highest BCUT2D eigenvalue weighted by Crippen LogP contribution is 2.30. The molecule has 0 bridgehead atoms. The van der Waals surface area contributed by atoms with Crippen molar-refractivity contribution in [2.75, 3.05) is 0 Å². The van der Waals surface area contributed by atoms with Crippen LogP contribution in [0.15, 0.2) is 59.7 Å². The molecule has 3 rings (SSSR count). The van der Waals surface area contributed by atoms with E-state index in [4.69, 9.17) is 39.5 Å². The number of benzene rings is 3. The van der Waals surface area contributed by atoms with E-state index in [0.717, 1.165) is 24.0 Å². The molecule has 0 spiro atoms. The molecule has 0 heterocycles. The van der Waals surface area contributed by atoms with E-state index in [2.05, 4.69) is 55.7 Å². The highest BCUT2D eigenvalue weighted by Gasteiger charge is 2.11. The van der Waals surface area contributed by atoms with E-state index in [1.54, 1.807) is 18.3 Å². The van der Waals surface area contributed by atoms with Crippen molar-refractivity contribution in [3.63, 3.8) is 0 Å². The number of amides is 1. The number of hydrogen-bond acceptors (Lipinski definition) is 3. The molecule has 0 aliphatic rings. The SMILES string of the molecule is O=C(N/N=C/c1cc(I)c(OCc2ccccc2Cl)c(I)c1)c1ccc(Cl)cc1Cl. The third kappa shape index (κ3) is 6.23. The summed E-state index contributed by atoms with van der Waals surface area (Å²) in [6, 6.07) is 16.0. The van der Waals surface area contributed by atoms with Crippen molar-refractivity contribution in [1.82, 2.24) is 5.43 Å². The second-order valence-electron chi connectivity index (χ2n) is 6.02. The van der Waals surface area contributed by atoms with Crippen LogP contribution < -0.4 is 10.2 Å². The maximum Gasteiger partial charge on any atom is 0.272 e. The average molecular weight is 686 g/mol. The van der Waals surface area contributed by atoms with Crippen molar-refractivity contribution < 1.29 is 9.53 Å². The zero-order valence-corrected chi connectivity index (χ0v) is 21.7. The average Bonchev–Trinajstić information content (AvgIpc) is 2.68. The number of hydrogen-bond donors (Lipinski definition) is 1. The zero-order chi connectivity index (χ0) is 21.7. The van der Waals surface area contributed by atoms with Gasteiger partial charge in [-0.1, -0.05) is 53.0 Å². The summed E-state index contributed by atoms with van der Waals surface area (Å²) in [7, 11) is 0. The Labute approximate surface area is 216 Å². The second kappa shape index (κ2) is 11.0. The Hall–Kier alpha value is -1.07. The van der Waals surface area contributed by atoms with Crippen LogP contribution in [-0.4, -0.2) is 12.1 Å². The normalized spacial score (nSPS) is 11.0. The molecule has 3 aromatic carbocycles. The fourth-order valence-electron chi connectivity index (χ4n) is 2.46. The number of carbonyl (C=O) groups excluding carboxylic acids is 1. The summed E-state index contributed by atoms with van der Waals surface area (Å²) in [5, 5.41) is 5.41. The van der Waals surface area contributed by atoms with Gasteiger partial charge >= 0.3 is 0 Å². The molecule has 9 heteroatoms. The van der Waals surface area contributed by atoms with Crippen LogP contribution in [0.25, 0.3) is 0 Å². The lowest BCUT2D eigenvalue weighted by Gasteiger charge is -2.12. The van der Waals surface area contributed by atoms with E-state index in [9.17, 15) is 4.79 Å².